The highest BCUT2D eigenvalue weighted by Gasteiger charge is 2.29. The number of furan rings is 1. The zero-order valence-electron chi connectivity index (χ0n) is 19.7. The van der Waals surface area contributed by atoms with Gasteiger partial charge < -0.3 is 19.5 Å². The van der Waals surface area contributed by atoms with E-state index in [2.05, 4.69) is 5.32 Å². The minimum Gasteiger partial charge on any atom is -0.449 e. The van der Waals surface area contributed by atoms with Crippen LogP contribution in [-0.2, 0) is 11.2 Å². The highest BCUT2D eigenvalue weighted by atomic mass is 19.1. The predicted molar refractivity (Wildman–Crippen MR) is 136 cm³/mol. The second-order valence-corrected chi connectivity index (χ2v) is 8.68. The van der Waals surface area contributed by atoms with E-state index in [1.807, 2.05) is 4.90 Å². The first-order valence-corrected chi connectivity index (χ1v) is 11.7. The number of rotatable bonds is 6. The van der Waals surface area contributed by atoms with Crippen molar-refractivity contribution in [2.45, 2.75) is 6.42 Å². The van der Waals surface area contributed by atoms with Crippen LogP contribution in [0.4, 0.5) is 21.5 Å². The molecule has 0 aliphatic carbocycles. The molecule has 5 rings (SSSR count). The van der Waals surface area contributed by atoms with E-state index in [4.69, 9.17) is 4.42 Å². The van der Waals surface area contributed by atoms with E-state index in [1.165, 1.54) is 24.3 Å². The monoisotopic (exact) mass is 502 g/mol. The van der Waals surface area contributed by atoms with Gasteiger partial charge in [0.15, 0.2) is 0 Å². The molecule has 10 heteroatoms. The second-order valence-electron chi connectivity index (χ2n) is 8.68. The summed E-state index contributed by atoms with van der Waals surface area (Å²) in [5.41, 5.74) is 1.56. The standard InChI is InChI=1S/C27H23FN4O5/c28-21-9-2-3-10-22(21)30-12-14-31(15-13-30)27(34)26-25(20-8-1-4-11-23(20)37-26)29-24(33)17-18-6-5-7-19(16-18)32(35)36/h1-11,16H,12-15,17H2,(H,29,33). The molecule has 0 unspecified atom stereocenters. The van der Waals surface area contributed by atoms with Crippen LogP contribution < -0.4 is 10.2 Å². The van der Waals surface area contributed by atoms with Crippen LogP contribution in [-0.4, -0.2) is 47.8 Å². The minimum atomic E-state index is -0.520. The van der Waals surface area contributed by atoms with E-state index in [0.29, 0.717) is 48.4 Å². The first-order chi connectivity index (χ1) is 17.9. The number of para-hydroxylation sites is 2. The van der Waals surface area contributed by atoms with Gasteiger partial charge in [0.05, 0.1) is 17.0 Å². The lowest BCUT2D eigenvalue weighted by Crippen LogP contribution is -2.49. The van der Waals surface area contributed by atoms with Crippen molar-refractivity contribution in [1.29, 1.82) is 0 Å². The van der Waals surface area contributed by atoms with Gasteiger partial charge in [-0.05, 0) is 29.8 Å². The molecule has 4 aromatic rings. The predicted octanol–water partition coefficient (Wildman–Crippen LogP) is 4.62. The van der Waals surface area contributed by atoms with Gasteiger partial charge in [-0.25, -0.2) is 4.39 Å². The van der Waals surface area contributed by atoms with Crippen molar-refractivity contribution in [1.82, 2.24) is 4.90 Å². The molecular weight excluding hydrogens is 479 g/mol. The number of nitrogens with zero attached hydrogens (tertiary/aromatic N) is 3. The van der Waals surface area contributed by atoms with Crippen LogP contribution in [0.2, 0.25) is 0 Å². The van der Waals surface area contributed by atoms with Crippen molar-refractivity contribution in [3.05, 3.63) is 100 Å². The summed E-state index contributed by atoms with van der Waals surface area (Å²) >= 11 is 0. The van der Waals surface area contributed by atoms with Gasteiger partial charge in [-0.2, -0.15) is 0 Å². The van der Waals surface area contributed by atoms with Crippen molar-refractivity contribution >= 4 is 39.8 Å². The molecule has 0 radical (unpaired) electrons. The van der Waals surface area contributed by atoms with Gasteiger partial charge in [0.1, 0.15) is 17.1 Å². The Morgan fingerprint density at radius 2 is 1.70 bits per heavy atom. The fourth-order valence-electron chi connectivity index (χ4n) is 4.47. The highest BCUT2D eigenvalue weighted by Crippen LogP contribution is 2.32. The first-order valence-electron chi connectivity index (χ1n) is 11.7. The SMILES string of the molecule is O=C(Cc1cccc([N+](=O)[O-])c1)Nc1c(C(=O)N2CCN(c3ccccc3F)CC2)oc2ccccc12. The van der Waals surface area contributed by atoms with Gasteiger partial charge in [0.2, 0.25) is 11.7 Å². The number of non-ortho nitro benzene ring substituents is 1. The zero-order chi connectivity index (χ0) is 25.9. The smallest absolute Gasteiger partial charge is 0.291 e. The van der Waals surface area contributed by atoms with Crippen molar-refractivity contribution in [3.8, 4) is 0 Å². The Morgan fingerprint density at radius 1 is 0.973 bits per heavy atom. The van der Waals surface area contributed by atoms with Crippen LogP contribution >= 0.6 is 0 Å². The van der Waals surface area contributed by atoms with E-state index >= 15 is 0 Å². The number of halogens is 1. The number of hydrogen-bond acceptors (Lipinski definition) is 6. The molecule has 2 amide bonds. The Morgan fingerprint density at radius 3 is 2.46 bits per heavy atom. The van der Waals surface area contributed by atoms with E-state index < -0.39 is 10.8 Å². The third-order valence-corrected chi connectivity index (χ3v) is 6.30. The van der Waals surface area contributed by atoms with Gasteiger partial charge >= 0.3 is 0 Å². The molecule has 1 N–H and O–H groups in total. The molecule has 0 bridgehead atoms. The van der Waals surface area contributed by atoms with Crippen molar-refractivity contribution < 1.29 is 23.3 Å². The summed E-state index contributed by atoms with van der Waals surface area (Å²) in [5, 5.41) is 14.4. The summed E-state index contributed by atoms with van der Waals surface area (Å²) in [6.45, 7) is 1.60. The van der Waals surface area contributed by atoms with Crippen LogP contribution in [0.1, 0.15) is 16.1 Å². The number of nitro groups is 1. The lowest BCUT2D eigenvalue weighted by atomic mass is 10.1. The quantitative estimate of drug-likeness (QED) is 0.304. The number of benzene rings is 3. The topological polar surface area (TPSA) is 109 Å². The maximum atomic E-state index is 14.2. The average Bonchev–Trinajstić information content (AvgIpc) is 3.27. The highest BCUT2D eigenvalue weighted by molar-refractivity contribution is 6.11. The van der Waals surface area contributed by atoms with Crippen LogP contribution in [0.5, 0.6) is 0 Å². The molecule has 3 aromatic carbocycles. The Bertz CT molecular complexity index is 1490. The third-order valence-electron chi connectivity index (χ3n) is 6.30. The molecule has 1 aromatic heterocycles. The Labute approximate surface area is 211 Å². The Kier molecular flexibility index (Phi) is 6.55. The molecule has 0 saturated carbocycles. The molecule has 37 heavy (non-hydrogen) atoms. The molecule has 9 nitrogen and oxygen atoms in total. The number of hydrogen-bond donors (Lipinski definition) is 1. The molecule has 0 spiro atoms. The maximum absolute atomic E-state index is 14.2. The summed E-state index contributed by atoms with van der Waals surface area (Å²) < 4.78 is 20.1. The van der Waals surface area contributed by atoms with Crippen LogP contribution in [0.25, 0.3) is 11.0 Å². The summed E-state index contributed by atoms with van der Waals surface area (Å²) in [4.78, 5) is 40.4. The summed E-state index contributed by atoms with van der Waals surface area (Å²) in [6.07, 6.45) is -0.115. The Hall–Kier alpha value is -4.73. The number of nitro benzene ring substituents is 1. The first kappa shape index (κ1) is 24.0. The van der Waals surface area contributed by atoms with Gasteiger partial charge in [0.25, 0.3) is 11.6 Å². The van der Waals surface area contributed by atoms with Gasteiger partial charge in [-0.3, -0.25) is 19.7 Å². The number of amides is 2. The summed E-state index contributed by atoms with van der Waals surface area (Å²) in [5.74, 6) is -1.12. The minimum absolute atomic E-state index is 0.00735. The third kappa shape index (κ3) is 4.99. The van der Waals surface area contributed by atoms with Crippen molar-refractivity contribution in [2.75, 3.05) is 36.4 Å². The Balaban J connectivity index is 1.35. The number of carbonyl (C=O) groups excluding carboxylic acids is 2. The van der Waals surface area contributed by atoms with Gasteiger partial charge in [-0.15, -0.1) is 0 Å². The number of nitrogens with one attached hydrogen (secondary N) is 1. The lowest BCUT2D eigenvalue weighted by molar-refractivity contribution is -0.384. The fourth-order valence-corrected chi connectivity index (χ4v) is 4.47. The summed E-state index contributed by atoms with van der Waals surface area (Å²) in [6, 6.07) is 19.4. The molecule has 1 saturated heterocycles. The van der Waals surface area contributed by atoms with Crippen molar-refractivity contribution in [2.24, 2.45) is 0 Å². The van der Waals surface area contributed by atoms with Crippen LogP contribution in [0.3, 0.4) is 0 Å². The molecule has 1 aliphatic rings. The number of fused-ring (bicyclic) bond motifs is 1. The molecule has 1 aliphatic heterocycles. The lowest BCUT2D eigenvalue weighted by Gasteiger charge is -2.35. The van der Waals surface area contributed by atoms with E-state index in [-0.39, 0.29) is 35.3 Å². The zero-order valence-corrected chi connectivity index (χ0v) is 19.7. The van der Waals surface area contributed by atoms with E-state index in [9.17, 15) is 24.1 Å². The fraction of sp³-hybridized carbons (Fsp3) is 0.185. The number of piperazine rings is 1. The molecule has 0 atom stereocenters. The summed E-state index contributed by atoms with van der Waals surface area (Å²) in [7, 11) is 0. The van der Waals surface area contributed by atoms with E-state index in [1.54, 1.807) is 53.4 Å². The van der Waals surface area contributed by atoms with Crippen molar-refractivity contribution in [3.63, 3.8) is 0 Å². The maximum Gasteiger partial charge on any atom is 0.291 e. The van der Waals surface area contributed by atoms with Gasteiger partial charge in [0, 0.05) is 43.7 Å². The normalized spacial score (nSPS) is 13.5. The average molecular weight is 503 g/mol. The second kappa shape index (κ2) is 10.1. The van der Waals surface area contributed by atoms with E-state index in [0.717, 1.165) is 0 Å². The van der Waals surface area contributed by atoms with Crippen LogP contribution in [0.15, 0.2) is 77.2 Å². The molecule has 2 heterocycles. The molecular formula is C27H23FN4O5. The number of anilines is 2. The van der Waals surface area contributed by atoms with Gasteiger partial charge in [-0.1, -0.05) is 36.4 Å². The largest absolute Gasteiger partial charge is 0.449 e. The molecule has 1 fully saturated rings. The number of carbonyl (C=O) groups is 2. The molecule has 188 valence electrons. The van der Waals surface area contributed by atoms with Crippen LogP contribution in [0, 0.1) is 15.9 Å².